The fourth-order valence-electron chi connectivity index (χ4n) is 1.69. The number of sulfonamides is 1. The Kier molecular flexibility index (Phi) is 6.03. The van der Waals surface area contributed by atoms with Gasteiger partial charge in [-0.2, -0.15) is 0 Å². The van der Waals surface area contributed by atoms with E-state index in [-0.39, 0.29) is 23.8 Å². The molecule has 0 bridgehead atoms. The monoisotopic (exact) mass is 315 g/mol. The van der Waals surface area contributed by atoms with Gasteiger partial charge in [-0.3, -0.25) is 4.79 Å². The fourth-order valence-corrected chi connectivity index (χ4v) is 2.84. The summed E-state index contributed by atoms with van der Waals surface area (Å²) >= 11 is 0. The summed E-state index contributed by atoms with van der Waals surface area (Å²) in [5.74, 6) is -0.112. The third-order valence-electron chi connectivity index (χ3n) is 3.15. The molecule has 0 aliphatic heterocycles. The fraction of sp³-hybridized carbons (Fsp3) is 0.500. The van der Waals surface area contributed by atoms with Gasteiger partial charge in [0.1, 0.15) is 5.60 Å². The van der Waals surface area contributed by atoms with E-state index in [4.69, 9.17) is 9.47 Å². The van der Waals surface area contributed by atoms with Gasteiger partial charge in [-0.15, -0.1) is 0 Å². The highest BCUT2D eigenvalue weighted by molar-refractivity contribution is 7.89. The standard InChI is InChI=1S/C14H21NO5S/c1-11(16)12-5-7-13(8-6-12)21(17,18)15-9-14(2,20-4)10-19-3/h5-8,15H,9-10H2,1-4H3. The Morgan fingerprint density at radius 3 is 2.24 bits per heavy atom. The summed E-state index contributed by atoms with van der Waals surface area (Å²) in [5.41, 5.74) is -0.281. The van der Waals surface area contributed by atoms with Crippen LogP contribution in [0.3, 0.4) is 0 Å². The maximum absolute atomic E-state index is 12.2. The molecule has 0 radical (unpaired) electrons. The Hall–Kier alpha value is -1.28. The third-order valence-corrected chi connectivity index (χ3v) is 4.57. The molecule has 0 aromatic heterocycles. The van der Waals surface area contributed by atoms with E-state index < -0.39 is 15.6 Å². The largest absolute Gasteiger partial charge is 0.382 e. The van der Waals surface area contributed by atoms with Crippen LogP contribution in [-0.2, 0) is 19.5 Å². The smallest absolute Gasteiger partial charge is 0.240 e. The Labute approximate surface area is 125 Å². The van der Waals surface area contributed by atoms with E-state index in [0.29, 0.717) is 5.56 Å². The molecule has 0 saturated heterocycles. The van der Waals surface area contributed by atoms with Gasteiger partial charge in [0.15, 0.2) is 5.78 Å². The molecule has 1 rings (SSSR count). The first-order chi connectivity index (χ1) is 9.74. The second-order valence-electron chi connectivity index (χ2n) is 4.99. The highest BCUT2D eigenvalue weighted by Gasteiger charge is 2.26. The van der Waals surface area contributed by atoms with Gasteiger partial charge >= 0.3 is 0 Å². The number of hydrogen-bond acceptors (Lipinski definition) is 5. The molecule has 0 amide bonds. The van der Waals surface area contributed by atoms with E-state index in [1.54, 1.807) is 6.92 Å². The molecule has 0 heterocycles. The average Bonchev–Trinajstić information content (AvgIpc) is 2.46. The molecule has 0 saturated carbocycles. The highest BCUT2D eigenvalue weighted by atomic mass is 32.2. The third kappa shape index (κ3) is 4.89. The second-order valence-corrected chi connectivity index (χ2v) is 6.76. The summed E-state index contributed by atoms with van der Waals surface area (Å²) in [6.07, 6.45) is 0. The molecule has 0 aliphatic carbocycles. The van der Waals surface area contributed by atoms with Crippen molar-refractivity contribution in [2.75, 3.05) is 27.4 Å². The lowest BCUT2D eigenvalue weighted by molar-refractivity contribution is -0.0460. The Bertz CT molecular complexity index is 582. The Morgan fingerprint density at radius 1 is 1.24 bits per heavy atom. The first-order valence-corrected chi connectivity index (χ1v) is 7.87. The van der Waals surface area contributed by atoms with Gasteiger partial charge in [-0.25, -0.2) is 13.1 Å². The van der Waals surface area contributed by atoms with Gasteiger partial charge in [0, 0.05) is 26.3 Å². The molecular formula is C14H21NO5S. The van der Waals surface area contributed by atoms with Crippen LogP contribution in [0.2, 0.25) is 0 Å². The molecule has 118 valence electrons. The van der Waals surface area contributed by atoms with Crippen molar-refractivity contribution < 1.29 is 22.7 Å². The van der Waals surface area contributed by atoms with Crippen LogP contribution >= 0.6 is 0 Å². The van der Waals surface area contributed by atoms with Crippen LogP contribution < -0.4 is 4.72 Å². The number of carbonyl (C=O) groups excluding carboxylic acids is 1. The van der Waals surface area contributed by atoms with Crippen molar-refractivity contribution in [2.45, 2.75) is 24.3 Å². The number of ether oxygens (including phenoxy) is 2. The average molecular weight is 315 g/mol. The SMILES string of the molecule is COCC(C)(CNS(=O)(=O)c1ccc(C(C)=O)cc1)OC. The van der Waals surface area contributed by atoms with Crippen molar-refractivity contribution in [3.8, 4) is 0 Å². The number of nitrogens with one attached hydrogen (secondary N) is 1. The first kappa shape index (κ1) is 17.8. The molecule has 0 aliphatic rings. The van der Waals surface area contributed by atoms with Crippen molar-refractivity contribution in [2.24, 2.45) is 0 Å². The molecule has 1 N–H and O–H groups in total. The predicted molar refractivity (Wildman–Crippen MR) is 78.9 cm³/mol. The van der Waals surface area contributed by atoms with Gasteiger partial charge in [0.2, 0.25) is 10.0 Å². The topological polar surface area (TPSA) is 81.7 Å². The van der Waals surface area contributed by atoms with Gasteiger partial charge in [0.25, 0.3) is 0 Å². The lowest BCUT2D eigenvalue weighted by Crippen LogP contribution is -2.45. The second kappa shape index (κ2) is 7.13. The minimum Gasteiger partial charge on any atom is -0.382 e. The molecule has 21 heavy (non-hydrogen) atoms. The number of methoxy groups -OCH3 is 2. The van der Waals surface area contributed by atoms with Crippen LogP contribution in [0.4, 0.5) is 0 Å². The van der Waals surface area contributed by atoms with Gasteiger partial charge in [0.05, 0.1) is 11.5 Å². The molecule has 6 nitrogen and oxygen atoms in total. The van der Waals surface area contributed by atoms with Crippen LogP contribution in [0.1, 0.15) is 24.2 Å². The number of benzene rings is 1. The first-order valence-electron chi connectivity index (χ1n) is 6.39. The minimum absolute atomic E-state index is 0.0775. The number of ketones is 1. The van der Waals surface area contributed by atoms with Gasteiger partial charge < -0.3 is 9.47 Å². The van der Waals surface area contributed by atoms with Crippen molar-refractivity contribution >= 4 is 15.8 Å². The lowest BCUT2D eigenvalue weighted by Gasteiger charge is -2.27. The summed E-state index contributed by atoms with van der Waals surface area (Å²) in [5, 5.41) is 0. The maximum atomic E-state index is 12.2. The number of Topliss-reactive ketones (excluding diaryl/α,β-unsaturated/α-hetero) is 1. The summed E-state index contributed by atoms with van der Waals surface area (Å²) in [6, 6.07) is 5.78. The summed E-state index contributed by atoms with van der Waals surface area (Å²) in [6.45, 7) is 3.51. The van der Waals surface area contributed by atoms with Crippen LogP contribution in [0.15, 0.2) is 29.2 Å². The van der Waals surface area contributed by atoms with E-state index >= 15 is 0 Å². The van der Waals surface area contributed by atoms with E-state index in [0.717, 1.165) is 0 Å². The van der Waals surface area contributed by atoms with E-state index in [1.165, 1.54) is 45.4 Å². The molecule has 1 aromatic carbocycles. The summed E-state index contributed by atoms with van der Waals surface area (Å²) in [7, 11) is -0.646. The summed E-state index contributed by atoms with van der Waals surface area (Å²) in [4.78, 5) is 11.3. The number of carbonyl (C=O) groups is 1. The van der Waals surface area contributed by atoms with Crippen molar-refractivity contribution in [3.05, 3.63) is 29.8 Å². The lowest BCUT2D eigenvalue weighted by atomic mass is 10.1. The highest BCUT2D eigenvalue weighted by Crippen LogP contribution is 2.13. The van der Waals surface area contributed by atoms with Crippen LogP contribution in [0.5, 0.6) is 0 Å². The molecule has 1 aromatic rings. The minimum atomic E-state index is -3.66. The van der Waals surface area contributed by atoms with Crippen molar-refractivity contribution in [3.63, 3.8) is 0 Å². The quantitative estimate of drug-likeness (QED) is 0.729. The Morgan fingerprint density at radius 2 is 1.81 bits per heavy atom. The van der Waals surface area contributed by atoms with E-state index in [1.807, 2.05) is 0 Å². The molecule has 0 fully saturated rings. The van der Waals surface area contributed by atoms with Gasteiger partial charge in [-0.1, -0.05) is 12.1 Å². The molecule has 0 spiro atoms. The van der Waals surface area contributed by atoms with Crippen molar-refractivity contribution in [1.82, 2.24) is 4.72 Å². The zero-order chi connectivity index (χ0) is 16.1. The Balaban J connectivity index is 2.84. The predicted octanol–water partition coefficient (Wildman–Crippen LogP) is 1.22. The van der Waals surface area contributed by atoms with Crippen molar-refractivity contribution in [1.29, 1.82) is 0 Å². The summed E-state index contributed by atoms with van der Waals surface area (Å²) < 4.78 is 37.1. The zero-order valence-electron chi connectivity index (χ0n) is 12.7. The molecular weight excluding hydrogens is 294 g/mol. The number of hydrogen-bond donors (Lipinski definition) is 1. The molecule has 1 unspecified atom stereocenters. The van der Waals surface area contributed by atoms with Crippen LogP contribution in [0, 0.1) is 0 Å². The zero-order valence-corrected chi connectivity index (χ0v) is 13.5. The van der Waals surface area contributed by atoms with E-state index in [9.17, 15) is 13.2 Å². The number of rotatable bonds is 8. The van der Waals surface area contributed by atoms with E-state index in [2.05, 4.69) is 4.72 Å². The van der Waals surface area contributed by atoms with Gasteiger partial charge in [-0.05, 0) is 26.0 Å². The van der Waals surface area contributed by atoms with Crippen LogP contribution in [0.25, 0.3) is 0 Å². The normalized spacial score (nSPS) is 14.7. The van der Waals surface area contributed by atoms with Crippen LogP contribution in [-0.4, -0.2) is 47.2 Å². The molecule has 1 atom stereocenters. The molecule has 7 heteroatoms. The maximum Gasteiger partial charge on any atom is 0.240 e.